The topological polar surface area (TPSA) is 90.2 Å². The lowest BCUT2D eigenvalue weighted by Crippen LogP contribution is -2.55. The second-order valence-corrected chi connectivity index (χ2v) is 6.42. The lowest BCUT2D eigenvalue weighted by atomic mass is 9.82. The third-order valence-corrected chi connectivity index (χ3v) is 5.18. The fourth-order valence-electron chi connectivity index (χ4n) is 3.47. The summed E-state index contributed by atoms with van der Waals surface area (Å²) in [6.07, 6.45) is 1.59. The minimum absolute atomic E-state index is 0.0543. The van der Waals surface area contributed by atoms with Gasteiger partial charge in [0.2, 0.25) is 0 Å². The highest BCUT2D eigenvalue weighted by atomic mass is 16.6. The molecule has 0 bridgehead atoms. The molecule has 3 N–H and O–H groups in total. The summed E-state index contributed by atoms with van der Waals surface area (Å²) in [6.45, 7) is 6.47. The molecule has 6 heteroatoms. The highest BCUT2D eigenvalue weighted by Gasteiger charge is 2.50. The van der Waals surface area contributed by atoms with Gasteiger partial charge in [0.05, 0.1) is 18.8 Å². The van der Waals surface area contributed by atoms with Crippen molar-refractivity contribution in [2.45, 2.75) is 57.5 Å². The summed E-state index contributed by atoms with van der Waals surface area (Å²) in [7, 11) is 0. The number of fused-ring (bicyclic) bond motifs is 1. The van der Waals surface area contributed by atoms with Crippen LogP contribution in [-0.2, 0) is 9.53 Å². The zero-order valence-corrected chi connectivity index (χ0v) is 13.5. The normalized spacial score (nSPS) is 30.4. The maximum absolute atomic E-state index is 12.5. The summed E-state index contributed by atoms with van der Waals surface area (Å²) < 4.78 is 5.56. The quantitative estimate of drug-likeness (QED) is 0.475. The molecule has 1 fully saturated rings. The molecule has 22 heavy (non-hydrogen) atoms. The molecule has 0 aromatic heterocycles. The van der Waals surface area contributed by atoms with Gasteiger partial charge in [0.25, 0.3) is 0 Å². The van der Waals surface area contributed by atoms with Crippen LogP contribution in [0, 0.1) is 5.92 Å². The smallest absolute Gasteiger partial charge is 0.341 e. The number of hydrogen-bond acceptors (Lipinski definition) is 6. The van der Waals surface area contributed by atoms with Crippen LogP contribution in [0.5, 0.6) is 0 Å². The van der Waals surface area contributed by atoms with Crippen LogP contribution in [0.4, 0.5) is 0 Å². The van der Waals surface area contributed by atoms with Gasteiger partial charge in [0, 0.05) is 13.1 Å². The Morgan fingerprint density at radius 1 is 1.55 bits per heavy atom. The predicted molar refractivity (Wildman–Crippen MR) is 81.1 cm³/mol. The molecule has 2 aliphatic heterocycles. The average Bonchev–Trinajstić information content (AvgIpc) is 3.07. The third-order valence-electron chi connectivity index (χ3n) is 5.18. The summed E-state index contributed by atoms with van der Waals surface area (Å²) in [5, 5.41) is 30.0. The fourth-order valence-corrected chi connectivity index (χ4v) is 3.47. The standard InChI is InChI=1S/C16H27NO5/c1-4-10(2)16(21,11(3)19)15(20)22-13-6-8-17-7-5-12(9-18)14(13)17/h5,10-11,13-14,18-19,21H,4,6-9H2,1-3H3/t10?,11?,13-,14-,16?/m1/s1. The van der Waals surface area contributed by atoms with Gasteiger partial charge in [-0.05, 0) is 24.8 Å². The number of aliphatic hydroxyl groups is 3. The van der Waals surface area contributed by atoms with Crippen LogP contribution < -0.4 is 0 Å². The summed E-state index contributed by atoms with van der Waals surface area (Å²) >= 11 is 0. The van der Waals surface area contributed by atoms with Crippen molar-refractivity contribution in [2.24, 2.45) is 5.92 Å². The van der Waals surface area contributed by atoms with E-state index in [1.807, 2.05) is 13.0 Å². The van der Waals surface area contributed by atoms with E-state index in [2.05, 4.69) is 4.90 Å². The Bertz CT molecular complexity index is 450. The number of nitrogens with zero attached hydrogens (tertiary/aromatic N) is 1. The van der Waals surface area contributed by atoms with E-state index in [9.17, 15) is 20.1 Å². The first-order valence-electron chi connectivity index (χ1n) is 8.01. The van der Waals surface area contributed by atoms with E-state index in [0.717, 1.165) is 18.7 Å². The number of aliphatic hydroxyl groups excluding tert-OH is 2. The maximum Gasteiger partial charge on any atom is 0.341 e. The summed E-state index contributed by atoms with van der Waals surface area (Å²) in [5.41, 5.74) is -1.04. The van der Waals surface area contributed by atoms with Gasteiger partial charge in [-0.3, -0.25) is 4.90 Å². The van der Waals surface area contributed by atoms with Crippen molar-refractivity contribution >= 4 is 5.97 Å². The van der Waals surface area contributed by atoms with Crippen LogP contribution in [0.2, 0.25) is 0 Å². The molecule has 6 nitrogen and oxygen atoms in total. The van der Waals surface area contributed by atoms with Gasteiger partial charge >= 0.3 is 5.97 Å². The number of hydrogen-bond donors (Lipinski definition) is 3. The van der Waals surface area contributed by atoms with Crippen LogP contribution in [0.25, 0.3) is 0 Å². The molecule has 0 aliphatic carbocycles. The predicted octanol–water partition coefficient (Wildman–Crippen LogP) is 0.0628. The Hall–Kier alpha value is -0.950. The zero-order valence-electron chi connectivity index (χ0n) is 13.5. The number of ether oxygens (including phenoxy) is 1. The van der Waals surface area contributed by atoms with Crippen molar-refractivity contribution in [3.63, 3.8) is 0 Å². The molecule has 0 aromatic rings. The van der Waals surface area contributed by atoms with Gasteiger partial charge in [-0.25, -0.2) is 4.79 Å². The molecule has 0 spiro atoms. The van der Waals surface area contributed by atoms with Crippen molar-refractivity contribution < 1.29 is 24.9 Å². The van der Waals surface area contributed by atoms with Gasteiger partial charge in [0.15, 0.2) is 5.60 Å². The van der Waals surface area contributed by atoms with E-state index < -0.39 is 23.6 Å². The van der Waals surface area contributed by atoms with Gasteiger partial charge < -0.3 is 20.1 Å². The molecular formula is C16H27NO5. The van der Waals surface area contributed by atoms with E-state index in [0.29, 0.717) is 12.8 Å². The van der Waals surface area contributed by atoms with Gasteiger partial charge in [-0.2, -0.15) is 0 Å². The Balaban J connectivity index is 2.12. The summed E-state index contributed by atoms with van der Waals surface area (Å²) in [6, 6.07) is -0.107. The van der Waals surface area contributed by atoms with Gasteiger partial charge in [-0.15, -0.1) is 0 Å². The second kappa shape index (κ2) is 6.66. The van der Waals surface area contributed by atoms with E-state index in [-0.39, 0.29) is 18.8 Å². The first kappa shape index (κ1) is 17.4. The molecule has 0 saturated carbocycles. The van der Waals surface area contributed by atoms with Gasteiger partial charge in [0.1, 0.15) is 6.10 Å². The molecule has 126 valence electrons. The highest BCUT2D eigenvalue weighted by Crippen LogP contribution is 2.33. The minimum atomic E-state index is -1.90. The van der Waals surface area contributed by atoms with Gasteiger partial charge in [-0.1, -0.05) is 26.3 Å². The zero-order chi connectivity index (χ0) is 16.5. The van der Waals surface area contributed by atoms with Crippen LogP contribution in [0.3, 0.4) is 0 Å². The average molecular weight is 313 g/mol. The van der Waals surface area contributed by atoms with Crippen molar-refractivity contribution in [3.05, 3.63) is 11.6 Å². The molecule has 2 rings (SSSR count). The summed E-state index contributed by atoms with van der Waals surface area (Å²) in [5.74, 6) is -1.18. The van der Waals surface area contributed by atoms with Crippen LogP contribution >= 0.6 is 0 Å². The first-order chi connectivity index (χ1) is 10.4. The first-order valence-corrected chi connectivity index (χ1v) is 8.01. The molecule has 0 aromatic carbocycles. The highest BCUT2D eigenvalue weighted by molar-refractivity contribution is 5.80. The van der Waals surface area contributed by atoms with Crippen molar-refractivity contribution in [1.29, 1.82) is 0 Å². The maximum atomic E-state index is 12.5. The fraction of sp³-hybridized carbons (Fsp3) is 0.812. The number of carbonyl (C=O) groups is 1. The van der Waals surface area contributed by atoms with E-state index in [1.165, 1.54) is 6.92 Å². The van der Waals surface area contributed by atoms with E-state index in [1.54, 1.807) is 6.92 Å². The lowest BCUT2D eigenvalue weighted by molar-refractivity contribution is -0.191. The number of rotatable bonds is 6. The molecule has 0 amide bonds. The Kier molecular flexibility index (Phi) is 5.27. The Morgan fingerprint density at radius 2 is 2.23 bits per heavy atom. The van der Waals surface area contributed by atoms with E-state index >= 15 is 0 Å². The van der Waals surface area contributed by atoms with Crippen molar-refractivity contribution in [1.82, 2.24) is 4.90 Å². The monoisotopic (exact) mass is 313 g/mol. The van der Waals surface area contributed by atoms with Crippen LogP contribution in [-0.4, -0.2) is 69.7 Å². The van der Waals surface area contributed by atoms with Crippen LogP contribution in [0.15, 0.2) is 11.6 Å². The molecule has 1 saturated heterocycles. The molecule has 0 radical (unpaired) electrons. The molecule has 2 aliphatic rings. The SMILES string of the molecule is CCC(C)C(O)(C(=O)O[C@@H]1CCN2CC=C(CO)[C@H]12)C(C)O. The van der Waals surface area contributed by atoms with Crippen molar-refractivity contribution in [3.8, 4) is 0 Å². The Labute approximate surface area is 131 Å². The molecule has 3 unspecified atom stereocenters. The number of carbonyl (C=O) groups excluding carboxylic acids is 1. The summed E-state index contributed by atoms with van der Waals surface area (Å²) in [4.78, 5) is 14.7. The minimum Gasteiger partial charge on any atom is -0.458 e. The lowest BCUT2D eigenvalue weighted by Gasteiger charge is -2.35. The van der Waals surface area contributed by atoms with Crippen LogP contribution in [0.1, 0.15) is 33.6 Å². The molecule has 2 heterocycles. The molecule has 5 atom stereocenters. The second-order valence-electron chi connectivity index (χ2n) is 6.42. The molecular weight excluding hydrogens is 286 g/mol. The number of esters is 1. The third kappa shape index (κ3) is 2.80. The largest absolute Gasteiger partial charge is 0.458 e. The van der Waals surface area contributed by atoms with Crippen molar-refractivity contribution in [2.75, 3.05) is 19.7 Å². The van der Waals surface area contributed by atoms with E-state index in [4.69, 9.17) is 4.74 Å². The Morgan fingerprint density at radius 3 is 2.77 bits per heavy atom.